The van der Waals surface area contributed by atoms with Crippen LogP contribution < -0.4 is 5.73 Å². The topological polar surface area (TPSA) is 38.5 Å². The van der Waals surface area contributed by atoms with Crippen LogP contribution in [0.2, 0.25) is 0 Å². The molecule has 1 aliphatic rings. The molecule has 0 aromatic rings. The molecule has 3 nitrogen and oxygen atoms in total. The number of likely N-dealkylation sites (tertiary alicyclic amines) is 1. The highest BCUT2D eigenvalue weighted by atomic mass is 16.5. The smallest absolute Gasteiger partial charge is 0.0478 e. The van der Waals surface area contributed by atoms with Gasteiger partial charge in [-0.1, -0.05) is 0 Å². The quantitative estimate of drug-likeness (QED) is 0.612. The summed E-state index contributed by atoms with van der Waals surface area (Å²) in [6, 6.07) is 0.414. The van der Waals surface area contributed by atoms with Crippen LogP contribution in [0, 0.1) is 0 Å². The van der Waals surface area contributed by atoms with Gasteiger partial charge in [-0.2, -0.15) is 0 Å². The van der Waals surface area contributed by atoms with E-state index in [2.05, 4.69) is 4.90 Å². The summed E-state index contributed by atoms with van der Waals surface area (Å²) in [6.07, 6.45) is 2.30. The van der Waals surface area contributed by atoms with Crippen LogP contribution in [0.4, 0.5) is 0 Å². The van der Waals surface area contributed by atoms with Crippen LogP contribution in [-0.4, -0.2) is 43.8 Å². The molecule has 0 aromatic carbocycles. The minimum Gasteiger partial charge on any atom is -0.382 e. The maximum Gasteiger partial charge on any atom is 0.0478 e. The van der Waals surface area contributed by atoms with Crippen LogP contribution in [-0.2, 0) is 4.74 Å². The van der Waals surface area contributed by atoms with Gasteiger partial charge in [-0.05, 0) is 26.3 Å². The summed E-state index contributed by atoms with van der Waals surface area (Å²) in [5.41, 5.74) is 5.78. The Morgan fingerprint density at radius 2 is 2.42 bits per heavy atom. The molecule has 0 unspecified atom stereocenters. The van der Waals surface area contributed by atoms with E-state index in [0.29, 0.717) is 6.04 Å². The van der Waals surface area contributed by atoms with Crippen molar-refractivity contribution in [3.8, 4) is 0 Å². The second-order valence-corrected chi connectivity index (χ2v) is 3.40. The van der Waals surface area contributed by atoms with Crippen molar-refractivity contribution in [1.29, 1.82) is 0 Å². The highest BCUT2D eigenvalue weighted by molar-refractivity contribution is 4.77. The Labute approximate surface area is 74.9 Å². The summed E-state index contributed by atoms with van der Waals surface area (Å²) in [5, 5.41) is 0. The molecular weight excluding hydrogens is 152 g/mol. The Balaban J connectivity index is 1.93. The molecular formula is C9H20N2O. The Bertz CT molecular complexity index is 119. The van der Waals surface area contributed by atoms with Gasteiger partial charge in [-0.25, -0.2) is 0 Å². The molecule has 3 heteroatoms. The molecule has 72 valence electrons. The first kappa shape index (κ1) is 9.96. The lowest BCUT2D eigenvalue weighted by molar-refractivity contribution is 0.135. The molecule has 0 aliphatic carbocycles. The highest BCUT2D eigenvalue weighted by Gasteiger charge is 2.17. The van der Waals surface area contributed by atoms with E-state index in [0.717, 1.165) is 39.1 Å². The SMILES string of the molecule is CCOCCCN1CC[C@H](N)C1. The van der Waals surface area contributed by atoms with E-state index >= 15 is 0 Å². The van der Waals surface area contributed by atoms with E-state index in [1.165, 1.54) is 6.54 Å². The normalized spacial score (nSPS) is 25.0. The Morgan fingerprint density at radius 1 is 1.58 bits per heavy atom. The zero-order valence-corrected chi connectivity index (χ0v) is 7.96. The van der Waals surface area contributed by atoms with Crippen molar-refractivity contribution >= 4 is 0 Å². The number of hydrogen-bond acceptors (Lipinski definition) is 3. The van der Waals surface area contributed by atoms with E-state index in [-0.39, 0.29) is 0 Å². The molecule has 0 amide bonds. The van der Waals surface area contributed by atoms with E-state index in [1.807, 2.05) is 6.92 Å². The molecule has 12 heavy (non-hydrogen) atoms. The predicted molar refractivity (Wildman–Crippen MR) is 50.1 cm³/mol. The molecule has 0 spiro atoms. The van der Waals surface area contributed by atoms with Gasteiger partial charge in [-0.15, -0.1) is 0 Å². The molecule has 1 fully saturated rings. The lowest BCUT2D eigenvalue weighted by atomic mass is 10.3. The summed E-state index contributed by atoms with van der Waals surface area (Å²) in [5.74, 6) is 0. The molecule has 2 N–H and O–H groups in total. The fourth-order valence-corrected chi connectivity index (χ4v) is 1.60. The summed E-state index contributed by atoms with van der Waals surface area (Å²) in [4.78, 5) is 2.42. The van der Waals surface area contributed by atoms with Crippen molar-refractivity contribution in [2.45, 2.75) is 25.8 Å². The fourth-order valence-electron chi connectivity index (χ4n) is 1.60. The first-order valence-electron chi connectivity index (χ1n) is 4.88. The van der Waals surface area contributed by atoms with E-state index in [9.17, 15) is 0 Å². The maximum absolute atomic E-state index is 5.78. The molecule has 0 bridgehead atoms. The van der Waals surface area contributed by atoms with Crippen molar-refractivity contribution in [3.05, 3.63) is 0 Å². The third-order valence-corrected chi connectivity index (χ3v) is 2.28. The van der Waals surface area contributed by atoms with Crippen LogP contribution in [0.25, 0.3) is 0 Å². The van der Waals surface area contributed by atoms with Crippen molar-refractivity contribution in [1.82, 2.24) is 4.90 Å². The van der Waals surface area contributed by atoms with Gasteiger partial charge in [0.1, 0.15) is 0 Å². The van der Waals surface area contributed by atoms with Crippen LogP contribution in [0.1, 0.15) is 19.8 Å². The van der Waals surface area contributed by atoms with Gasteiger partial charge in [-0.3, -0.25) is 0 Å². The molecule has 0 radical (unpaired) electrons. The molecule has 1 saturated heterocycles. The largest absolute Gasteiger partial charge is 0.382 e. The van der Waals surface area contributed by atoms with Crippen LogP contribution in [0.5, 0.6) is 0 Å². The molecule has 1 heterocycles. The van der Waals surface area contributed by atoms with Crippen LogP contribution in [0.15, 0.2) is 0 Å². The van der Waals surface area contributed by atoms with Crippen molar-refractivity contribution in [3.63, 3.8) is 0 Å². The molecule has 1 rings (SSSR count). The maximum atomic E-state index is 5.78. The second kappa shape index (κ2) is 5.51. The number of nitrogens with two attached hydrogens (primary N) is 1. The van der Waals surface area contributed by atoms with Gasteiger partial charge in [0.15, 0.2) is 0 Å². The van der Waals surface area contributed by atoms with Gasteiger partial charge < -0.3 is 15.4 Å². The average Bonchev–Trinajstić information content (AvgIpc) is 2.45. The Morgan fingerprint density at radius 3 is 3.00 bits per heavy atom. The van der Waals surface area contributed by atoms with Crippen molar-refractivity contribution in [2.75, 3.05) is 32.8 Å². The first-order chi connectivity index (χ1) is 5.83. The third kappa shape index (κ3) is 3.52. The number of hydrogen-bond donors (Lipinski definition) is 1. The summed E-state index contributed by atoms with van der Waals surface area (Å²) >= 11 is 0. The lowest BCUT2D eigenvalue weighted by Crippen LogP contribution is -2.27. The lowest BCUT2D eigenvalue weighted by Gasteiger charge is -2.14. The number of ether oxygens (including phenoxy) is 1. The highest BCUT2D eigenvalue weighted by Crippen LogP contribution is 2.06. The first-order valence-corrected chi connectivity index (χ1v) is 4.88. The van der Waals surface area contributed by atoms with Crippen LogP contribution >= 0.6 is 0 Å². The number of nitrogens with zero attached hydrogens (tertiary/aromatic N) is 1. The van der Waals surface area contributed by atoms with Gasteiger partial charge in [0.05, 0.1) is 0 Å². The molecule has 1 aliphatic heterocycles. The van der Waals surface area contributed by atoms with Crippen LogP contribution in [0.3, 0.4) is 0 Å². The fraction of sp³-hybridized carbons (Fsp3) is 1.00. The Kier molecular flexibility index (Phi) is 4.58. The van der Waals surface area contributed by atoms with E-state index in [1.54, 1.807) is 0 Å². The van der Waals surface area contributed by atoms with Gasteiger partial charge >= 0.3 is 0 Å². The zero-order chi connectivity index (χ0) is 8.81. The average molecular weight is 172 g/mol. The minimum atomic E-state index is 0.414. The van der Waals surface area contributed by atoms with Gasteiger partial charge in [0.25, 0.3) is 0 Å². The second-order valence-electron chi connectivity index (χ2n) is 3.40. The van der Waals surface area contributed by atoms with E-state index in [4.69, 9.17) is 10.5 Å². The van der Waals surface area contributed by atoms with Crippen molar-refractivity contribution in [2.24, 2.45) is 5.73 Å². The third-order valence-electron chi connectivity index (χ3n) is 2.28. The molecule has 0 aromatic heterocycles. The summed E-state index contributed by atoms with van der Waals surface area (Å²) in [7, 11) is 0. The summed E-state index contributed by atoms with van der Waals surface area (Å²) in [6.45, 7) is 7.15. The molecule has 0 saturated carbocycles. The van der Waals surface area contributed by atoms with Gasteiger partial charge in [0.2, 0.25) is 0 Å². The van der Waals surface area contributed by atoms with Gasteiger partial charge in [0, 0.05) is 32.3 Å². The number of rotatable bonds is 5. The summed E-state index contributed by atoms with van der Waals surface area (Å²) < 4.78 is 5.26. The standard InChI is InChI=1S/C9H20N2O/c1-2-12-7-3-5-11-6-4-9(10)8-11/h9H,2-8,10H2,1H3/t9-/m0/s1. The minimum absolute atomic E-state index is 0.414. The van der Waals surface area contributed by atoms with E-state index < -0.39 is 0 Å². The monoisotopic (exact) mass is 172 g/mol. The zero-order valence-electron chi connectivity index (χ0n) is 7.96. The Hall–Kier alpha value is -0.120. The van der Waals surface area contributed by atoms with Crippen molar-refractivity contribution < 1.29 is 4.74 Å². The predicted octanol–water partition coefficient (Wildman–Crippen LogP) is 0.446. The molecule has 1 atom stereocenters.